The minimum Gasteiger partial charge on any atom is -0.756 e. The molecule has 0 heterocycles. The first-order chi connectivity index (χ1) is 4.16. The van der Waals surface area contributed by atoms with E-state index >= 15 is 0 Å². The van der Waals surface area contributed by atoms with Crippen LogP contribution in [0.5, 0.6) is 0 Å². The van der Waals surface area contributed by atoms with Crippen LogP contribution in [-0.4, -0.2) is 12.1 Å². The molecule has 0 rings (SSSR count). The van der Waals surface area contributed by atoms with Gasteiger partial charge in [0.1, 0.15) is 0 Å². The third-order valence-electron chi connectivity index (χ3n) is 0.328. The number of hydrogen-bond donors (Lipinski definition) is 3. The van der Waals surface area contributed by atoms with Crippen LogP contribution in [0.4, 0.5) is 9.59 Å². The van der Waals surface area contributed by atoms with Gasteiger partial charge >= 0.3 is 41.7 Å². The van der Waals surface area contributed by atoms with Crippen LogP contribution in [-0.2, 0) is 4.84 Å². The van der Waals surface area contributed by atoms with E-state index in [1.807, 2.05) is 0 Å². The number of rotatable bonds is 0. The molecule has 0 aliphatic rings. The summed E-state index contributed by atoms with van der Waals surface area (Å²) >= 11 is 0. The Morgan fingerprint density at radius 3 is 2.30 bits per heavy atom. The number of amides is 3. The number of carbonyl (C=O) groups is 2. The number of nitrogens with one attached hydrogen (secondary N) is 2. The fourth-order valence-electron chi connectivity index (χ4n) is 0.117. The van der Waals surface area contributed by atoms with E-state index in [1.165, 1.54) is 5.48 Å². The molecule has 52 valence electrons. The van der Waals surface area contributed by atoms with Gasteiger partial charge in [0.2, 0.25) is 0 Å². The predicted molar refractivity (Wildman–Crippen MR) is 25.7 cm³/mol. The molecule has 0 fully saturated rings. The normalized spacial score (nSPS) is 6.90. The van der Waals surface area contributed by atoms with Gasteiger partial charge in [-0.25, -0.2) is 9.59 Å². The maximum atomic E-state index is 9.80. The van der Waals surface area contributed by atoms with Crippen molar-refractivity contribution in [1.82, 2.24) is 11.0 Å². The second-order valence-electron chi connectivity index (χ2n) is 0.958. The van der Waals surface area contributed by atoms with E-state index in [9.17, 15) is 14.8 Å². The number of primary amides is 1. The van der Waals surface area contributed by atoms with Gasteiger partial charge in [0.15, 0.2) is 0 Å². The van der Waals surface area contributed by atoms with Crippen molar-refractivity contribution in [2.45, 2.75) is 0 Å². The molecule has 0 radical (unpaired) electrons. The monoisotopic (exact) mass is 157 g/mol. The molecule has 0 saturated heterocycles. The van der Waals surface area contributed by atoms with Gasteiger partial charge in [0.05, 0.1) is 0 Å². The number of urea groups is 1. The summed E-state index contributed by atoms with van der Waals surface area (Å²) in [6.45, 7) is 0. The molecular formula is C2H4N3NaO4. The largest absolute Gasteiger partial charge is 1.00 e. The van der Waals surface area contributed by atoms with E-state index in [0.717, 1.165) is 5.48 Å². The minimum atomic E-state index is -1.33. The Labute approximate surface area is 78.1 Å². The van der Waals surface area contributed by atoms with Crippen molar-refractivity contribution in [3.63, 3.8) is 0 Å². The Morgan fingerprint density at radius 1 is 1.50 bits per heavy atom. The zero-order valence-electron chi connectivity index (χ0n) is 5.21. The standard InChI is InChI=1S/C2H4N3O4.Na/c3-1(6)5-9-2(7)4-8;/h(H4-,3,4,5,6,7,8);/q-1;+1. The Morgan fingerprint density at radius 2 is 2.00 bits per heavy atom. The molecule has 0 spiro atoms. The Kier molecular flexibility index (Phi) is 8.07. The molecule has 0 aliphatic heterocycles. The van der Waals surface area contributed by atoms with Crippen LogP contribution in [0.15, 0.2) is 0 Å². The van der Waals surface area contributed by atoms with Gasteiger partial charge in [0, 0.05) is 0 Å². The van der Waals surface area contributed by atoms with Gasteiger partial charge in [-0.1, -0.05) is 0 Å². The molecule has 0 aromatic rings. The van der Waals surface area contributed by atoms with E-state index in [2.05, 4.69) is 10.6 Å². The molecule has 0 saturated carbocycles. The SMILES string of the molecule is NC(=O)NOC(=O)N[O-].[Na+]. The summed E-state index contributed by atoms with van der Waals surface area (Å²) in [7, 11) is 0. The van der Waals surface area contributed by atoms with E-state index < -0.39 is 12.1 Å². The van der Waals surface area contributed by atoms with Crippen LogP contribution >= 0.6 is 0 Å². The van der Waals surface area contributed by atoms with E-state index in [-0.39, 0.29) is 29.6 Å². The molecule has 4 N–H and O–H groups in total. The van der Waals surface area contributed by atoms with Crippen LogP contribution in [0.2, 0.25) is 0 Å². The van der Waals surface area contributed by atoms with Gasteiger partial charge < -0.3 is 21.3 Å². The van der Waals surface area contributed by atoms with Crippen molar-refractivity contribution >= 4 is 12.1 Å². The Bertz CT molecular complexity index is 128. The number of carbonyl (C=O) groups excluding carboxylic acids is 2. The fourth-order valence-corrected chi connectivity index (χ4v) is 0.117. The molecule has 3 amide bonds. The summed E-state index contributed by atoms with van der Waals surface area (Å²) in [5.41, 5.74) is 6.70. The minimum absolute atomic E-state index is 0. The van der Waals surface area contributed by atoms with Crippen LogP contribution < -0.4 is 46.3 Å². The fraction of sp³-hybridized carbons (Fsp3) is 0. The van der Waals surface area contributed by atoms with Crippen LogP contribution in [0.3, 0.4) is 0 Å². The maximum absolute atomic E-state index is 9.80. The summed E-state index contributed by atoms with van der Waals surface area (Å²) in [5.74, 6) is 0. The molecule has 0 aromatic heterocycles. The molecule has 7 nitrogen and oxygen atoms in total. The molecular weight excluding hydrogens is 153 g/mol. The molecule has 8 heteroatoms. The van der Waals surface area contributed by atoms with Crippen molar-refractivity contribution in [2.24, 2.45) is 5.73 Å². The quantitative estimate of drug-likeness (QED) is 0.244. The topological polar surface area (TPSA) is 117 Å². The number of hydrogen-bond acceptors (Lipinski definition) is 4. The average molecular weight is 157 g/mol. The van der Waals surface area contributed by atoms with Gasteiger partial charge in [-0.3, -0.25) is 0 Å². The van der Waals surface area contributed by atoms with Crippen molar-refractivity contribution < 1.29 is 44.0 Å². The van der Waals surface area contributed by atoms with Crippen molar-refractivity contribution in [1.29, 1.82) is 0 Å². The molecule has 0 aromatic carbocycles. The van der Waals surface area contributed by atoms with Gasteiger partial charge in [0.25, 0.3) is 0 Å². The van der Waals surface area contributed by atoms with Crippen LogP contribution in [0.1, 0.15) is 0 Å². The first kappa shape index (κ1) is 12.2. The average Bonchev–Trinajstić information content (AvgIpc) is 1.83. The van der Waals surface area contributed by atoms with E-state index in [1.54, 1.807) is 0 Å². The van der Waals surface area contributed by atoms with Gasteiger partial charge in [-0.2, -0.15) is 5.48 Å². The number of nitrogens with two attached hydrogens (primary N) is 1. The summed E-state index contributed by atoms with van der Waals surface area (Å²) in [4.78, 5) is 23.2. The first-order valence-electron chi connectivity index (χ1n) is 1.81. The Balaban J connectivity index is 0. The van der Waals surface area contributed by atoms with Crippen molar-refractivity contribution in [3.05, 3.63) is 5.21 Å². The maximum Gasteiger partial charge on any atom is 1.00 e. The molecule has 0 unspecified atom stereocenters. The zero-order valence-corrected chi connectivity index (χ0v) is 7.21. The Hall–Kier alpha value is -0.500. The third-order valence-corrected chi connectivity index (χ3v) is 0.328. The number of hydroxylamine groups is 2. The second-order valence-corrected chi connectivity index (χ2v) is 0.958. The predicted octanol–water partition coefficient (Wildman–Crippen LogP) is -4.20. The summed E-state index contributed by atoms with van der Waals surface area (Å²) in [6, 6.07) is -1.06. The van der Waals surface area contributed by atoms with Crippen molar-refractivity contribution in [2.75, 3.05) is 0 Å². The summed E-state index contributed by atoms with van der Waals surface area (Å²) in [6.07, 6.45) is -1.33. The smallest absolute Gasteiger partial charge is 0.756 e. The van der Waals surface area contributed by atoms with Gasteiger partial charge in [-0.15, -0.1) is 0 Å². The first-order valence-corrected chi connectivity index (χ1v) is 1.81. The van der Waals surface area contributed by atoms with Crippen molar-refractivity contribution in [3.8, 4) is 0 Å². The molecule has 0 bridgehead atoms. The molecule has 0 atom stereocenters. The third kappa shape index (κ3) is 7.50. The summed E-state index contributed by atoms with van der Waals surface area (Å²) < 4.78 is 0. The molecule has 10 heavy (non-hydrogen) atoms. The van der Waals surface area contributed by atoms with E-state index in [0.29, 0.717) is 0 Å². The van der Waals surface area contributed by atoms with Crippen LogP contribution in [0, 0.1) is 5.21 Å². The molecule has 0 aliphatic carbocycles. The zero-order chi connectivity index (χ0) is 7.28. The van der Waals surface area contributed by atoms with Gasteiger partial charge in [-0.05, 0) is 0 Å². The summed E-state index contributed by atoms with van der Waals surface area (Å²) in [5, 5.41) is 9.33. The second kappa shape index (κ2) is 6.62. The van der Waals surface area contributed by atoms with E-state index in [4.69, 9.17) is 0 Å². The van der Waals surface area contributed by atoms with Crippen LogP contribution in [0.25, 0.3) is 0 Å².